The largest absolute Gasteiger partial charge is 0.481 e. The minimum Gasteiger partial charge on any atom is -0.481 e. The van der Waals surface area contributed by atoms with Gasteiger partial charge in [-0.05, 0) is 35.6 Å². The van der Waals surface area contributed by atoms with Crippen LogP contribution < -0.4 is 37.6 Å². The molecule has 0 aromatic heterocycles. The van der Waals surface area contributed by atoms with Gasteiger partial charge in [0.1, 0.15) is 24.2 Å². The second-order valence-electron chi connectivity index (χ2n) is 12.2. The molecule has 0 aliphatic heterocycles. The smallest absolute Gasteiger partial charge is 0.303 e. The van der Waals surface area contributed by atoms with Gasteiger partial charge >= 0.3 is 5.97 Å². The van der Waals surface area contributed by atoms with E-state index in [4.69, 9.17) is 15.9 Å². The number of rotatable bonds is 21. The molecule has 2 aromatic carbocycles. The first kappa shape index (κ1) is 41.6. The fourth-order valence-corrected chi connectivity index (χ4v) is 4.82. The van der Waals surface area contributed by atoms with Gasteiger partial charge in [-0.1, -0.05) is 56.3 Å². The van der Waals surface area contributed by atoms with Crippen molar-refractivity contribution in [3.63, 3.8) is 0 Å². The fraction of sp³-hybridized carbons (Fsp3) is 0.471. The third kappa shape index (κ3) is 14.8. The molecule has 0 fully saturated rings. The lowest BCUT2D eigenvalue weighted by Gasteiger charge is -2.26. The first-order chi connectivity index (χ1) is 24.1. The maximum Gasteiger partial charge on any atom is 0.303 e. The zero-order chi connectivity index (χ0) is 38.1. The van der Waals surface area contributed by atoms with Gasteiger partial charge in [0.25, 0.3) is 0 Å². The summed E-state index contributed by atoms with van der Waals surface area (Å²) in [5.41, 5.74) is 5.99. The molecule has 1 unspecified atom stereocenters. The predicted octanol–water partition coefficient (Wildman–Crippen LogP) is -1.65. The summed E-state index contributed by atoms with van der Waals surface area (Å²) in [6.45, 7) is 4.36. The van der Waals surface area contributed by atoms with E-state index in [1.54, 1.807) is 19.9 Å². The molecule has 0 aliphatic carbocycles. The standard InChI is InChI=1S/C34H47N7O10/c1-19(2)30(34(51)37-18-28(45)36-13-6-14-42)41-31(48)20(3)38-32(49)25(17-26(35)43)40-33(50)24(39-27(44)11-12-29(46)47)16-21-9-10-22-7-4-5-8-23(22)15-21/h4-5,7-10,15,19-20,24-25,30,42H,6,11-14,16-18H2,1-3H3,(H2,35,43)(H,36,45)(H,37,51)(H,38,49)(H,39,44)(H,40,50)(H,41,48)(H,46,47)/t20-,24?,25-,30-/m0/s1. The van der Waals surface area contributed by atoms with E-state index in [9.17, 15) is 38.4 Å². The maximum absolute atomic E-state index is 13.5. The van der Waals surface area contributed by atoms with Crippen LogP contribution in [-0.2, 0) is 44.8 Å². The van der Waals surface area contributed by atoms with Crippen molar-refractivity contribution in [2.75, 3.05) is 19.7 Å². The van der Waals surface area contributed by atoms with Gasteiger partial charge in [0, 0.05) is 26.0 Å². The molecule has 4 atom stereocenters. The van der Waals surface area contributed by atoms with Crippen molar-refractivity contribution in [2.24, 2.45) is 11.7 Å². The molecule has 0 saturated carbocycles. The number of fused-ring (bicyclic) bond motifs is 1. The predicted molar refractivity (Wildman–Crippen MR) is 184 cm³/mol. The first-order valence-electron chi connectivity index (χ1n) is 16.4. The van der Waals surface area contributed by atoms with Crippen LogP contribution in [0.4, 0.5) is 0 Å². The van der Waals surface area contributed by atoms with E-state index in [1.165, 1.54) is 6.92 Å². The number of nitrogens with one attached hydrogen (secondary N) is 6. The maximum atomic E-state index is 13.5. The lowest BCUT2D eigenvalue weighted by atomic mass is 10.0. The summed E-state index contributed by atoms with van der Waals surface area (Å²) < 4.78 is 0. The quantitative estimate of drug-likeness (QED) is 0.0665. The molecule has 278 valence electrons. The second kappa shape index (κ2) is 20.8. The molecule has 10 N–H and O–H groups in total. The Hall–Kier alpha value is -5.58. The van der Waals surface area contributed by atoms with Gasteiger partial charge in [0.05, 0.1) is 19.4 Å². The van der Waals surface area contributed by atoms with Crippen molar-refractivity contribution >= 4 is 58.1 Å². The highest BCUT2D eigenvalue weighted by atomic mass is 16.4. The van der Waals surface area contributed by atoms with Crippen molar-refractivity contribution in [2.45, 2.75) is 77.0 Å². The molecule has 0 spiro atoms. The molecular weight excluding hydrogens is 666 g/mol. The lowest BCUT2D eigenvalue weighted by Crippen LogP contribution is -2.59. The molecule has 0 bridgehead atoms. The van der Waals surface area contributed by atoms with Gasteiger partial charge in [-0.2, -0.15) is 0 Å². The monoisotopic (exact) mass is 713 g/mol. The fourth-order valence-electron chi connectivity index (χ4n) is 4.82. The van der Waals surface area contributed by atoms with Crippen LogP contribution >= 0.6 is 0 Å². The third-order valence-electron chi connectivity index (χ3n) is 7.59. The highest BCUT2D eigenvalue weighted by Gasteiger charge is 2.31. The van der Waals surface area contributed by atoms with Gasteiger partial charge in [-0.25, -0.2) is 0 Å². The number of carboxylic acid groups (broad SMARTS) is 1. The summed E-state index contributed by atoms with van der Waals surface area (Å²) in [4.78, 5) is 100. The molecule has 17 heteroatoms. The molecule has 7 amide bonds. The van der Waals surface area contributed by atoms with E-state index in [0.717, 1.165) is 10.8 Å². The van der Waals surface area contributed by atoms with E-state index in [-0.39, 0.29) is 26.1 Å². The van der Waals surface area contributed by atoms with Gasteiger partial charge in [0.2, 0.25) is 41.4 Å². The molecule has 51 heavy (non-hydrogen) atoms. The minimum absolute atomic E-state index is 0.0534. The number of nitrogens with two attached hydrogens (primary N) is 1. The number of hydrogen-bond acceptors (Lipinski definition) is 9. The average molecular weight is 714 g/mol. The Morgan fingerprint density at radius 2 is 1.39 bits per heavy atom. The van der Waals surface area contributed by atoms with Crippen molar-refractivity contribution < 1.29 is 48.6 Å². The summed E-state index contributed by atoms with van der Waals surface area (Å²) in [6.07, 6.45) is -1.28. The Labute approximate surface area is 294 Å². The zero-order valence-corrected chi connectivity index (χ0v) is 28.8. The molecular formula is C34H47N7O10. The molecule has 0 heterocycles. The Morgan fingerprint density at radius 1 is 0.725 bits per heavy atom. The van der Waals surface area contributed by atoms with Crippen LogP contribution in [-0.4, -0.2) is 101 Å². The van der Waals surface area contributed by atoms with E-state index < -0.39 is 96.7 Å². The van der Waals surface area contributed by atoms with Crippen LogP contribution in [0.15, 0.2) is 42.5 Å². The molecule has 0 radical (unpaired) electrons. The lowest BCUT2D eigenvalue weighted by molar-refractivity contribution is -0.139. The van der Waals surface area contributed by atoms with Crippen molar-refractivity contribution in [1.82, 2.24) is 31.9 Å². The zero-order valence-electron chi connectivity index (χ0n) is 28.8. The number of benzene rings is 2. The van der Waals surface area contributed by atoms with Gasteiger partial charge in [-0.3, -0.25) is 38.4 Å². The summed E-state index contributed by atoms with van der Waals surface area (Å²) in [7, 11) is 0. The number of aliphatic carboxylic acids is 1. The summed E-state index contributed by atoms with van der Waals surface area (Å²) in [5.74, 6) is -7.10. The van der Waals surface area contributed by atoms with Gasteiger partial charge in [-0.15, -0.1) is 0 Å². The Morgan fingerprint density at radius 3 is 2.02 bits per heavy atom. The first-order valence-corrected chi connectivity index (χ1v) is 16.4. The van der Waals surface area contributed by atoms with Crippen LogP contribution in [0, 0.1) is 5.92 Å². The number of primary amides is 1. The summed E-state index contributed by atoms with van der Waals surface area (Å²) in [5, 5.41) is 34.4. The number of aliphatic hydroxyl groups is 1. The topological polar surface area (TPSA) is 275 Å². The minimum atomic E-state index is -1.58. The highest BCUT2D eigenvalue weighted by Crippen LogP contribution is 2.17. The van der Waals surface area contributed by atoms with Crippen molar-refractivity contribution in [3.05, 3.63) is 48.0 Å². The van der Waals surface area contributed by atoms with Gasteiger partial charge in [0.15, 0.2) is 0 Å². The van der Waals surface area contributed by atoms with Crippen LogP contribution in [0.3, 0.4) is 0 Å². The van der Waals surface area contributed by atoms with E-state index in [2.05, 4.69) is 31.9 Å². The van der Waals surface area contributed by atoms with Gasteiger partial charge < -0.3 is 47.8 Å². The number of carbonyl (C=O) groups excluding carboxylic acids is 7. The molecule has 0 saturated heterocycles. The Balaban J connectivity index is 2.15. The SMILES string of the molecule is CC(C)[C@H](NC(=O)[C@H](C)NC(=O)[C@H](CC(N)=O)NC(=O)C(Cc1ccc2ccccc2c1)NC(=O)CCC(=O)O)C(=O)NCC(=O)NCCCO. The molecule has 17 nitrogen and oxygen atoms in total. The van der Waals surface area contributed by atoms with Crippen LogP contribution in [0.5, 0.6) is 0 Å². The number of hydrogen-bond donors (Lipinski definition) is 9. The second-order valence-corrected chi connectivity index (χ2v) is 12.2. The van der Waals surface area contributed by atoms with Crippen molar-refractivity contribution in [3.8, 4) is 0 Å². The van der Waals surface area contributed by atoms with E-state index in [0.29, 0.717) is 12.0 Å². The Kier molecular flexibility index (Phi) is 17.0. The summed E-state index contributed by atoms with van der Waals surface area (Å²) in [6, 6.07) is 7.60. The number of carboxylic acids is 1. The number of amides is 7. The normalized spacial score (nSPS) is 13.2. The van der Waals surface area contributed by atoms with E-state index >= 15 is 0 Å². The van der Waals surface area contributed by atoms with Crippen LogP contribution in [0.1, 0.15) is 52.0 Å². The molecule has 2 aromatic rings. The summed E-state index contributed by atoms with van der Waals surface area (Å²) >= 11 is 0. The van der Waals surface area contributed by atoms with Crippen LogP contribution in [0.2, 0.25) is 0 Å². The average Bonchev–Trinajstić information content (AvgIpc) is 3.07. The highest BCUT2D eigenvalue weighted by molar-refractivity contribution is 5.97. The van der Waals surface area contributed by atoms with E-state index in [1.807, 2.05) is 36.4 Å². The molecule has 2 rings (SSSR count). The number of carbonyl (C=O) groups is 8. The molecule has 0 aliphatic rings. The Bertz CT molecular complexity index is 1580. The van der Waals surface area contributed by atoms with Crippen LogP contribution in [0.25, 0.3) is 10.8 Å². The third-order valence-corrected chi connectivity index (χ3v) is 7.59. The van der Waals surface area contributed by atoms with Crippen molar-refractivity contribution in [1.29, 1.82) is 0 Å². The number of aliphatic hydroxyl groups excluding tert-OH is 1.